The van der Waals surface area contributed by atoms with Gasteiger partial charge in [-0.2, -0.15) is 0 Å². The summed E-state index contributed by atoms with van der Waals surface area (Å²) < 4.78 is 5.37. The molecule has 1 aromatic carbocycles. The number of guanidine groups is 1. The van der Waals surface area contributed by atoms with Gasteiger partial charge in [-0.3, -0.25) is 4.99 Å². The van der Waals surface area contributed by atoms with E-state index in [0.717, 1.165) is 23.9 Å². The first kappa shape index (κ1) is 13.6. The molecule has 1 aliphatic rings. The number of anilines is 1. The van der Waals surface area contributed by atoms with Crippen LogP contribution in [0.4, 0.5) is 5.69 Å². The molecule has 2 N–H and O–H groups in total. The number of ether oxygens (including phenoxy) is 1. The number of aliphatic imine (C=N–C) groups is 1. The first-order valence-electron chi connectivity index (χ1n) is 5.59. The van der Waals surface area contributed by atoms with Gasteiger partial charge in [0.2, 0.25) is 0 Å². The monoisotopic (exact) mass is 255 g/mol. The van der Waals surface area contributed by atoms with E-state index in [1.807, 2.05) is 31.2 Å². The molecule has 0 saturated heterocycles. The third kappa shape index (κ3) is 3.82. The summed E-state index contributed by atoms with van der Waals surface area (Å²) in [5.74, 6) is 1.74. The molecule has 4 nitrogen and oxygen atoms in total. The molecule has 94 valence electrons. The maximum Gasteiger partial charge on any atom is 0.196 e. The summed E-state index contributed by atoms with van der Waals surface area (Å²) in [7, 11) is 0. The molecule has 0 spiro atoms. The highest BCUT2D eigenvalue weighted by molar-refractivity contribution is 5.94. The number of benzene rings is 1. The van der Waals surface area contributed by atoms with Crippen LogP contribution in [0.5, 0.6) is 5.75 Å². The lowest BCUT2D eigenvalue weighted by atomic mass is 10.3. The fraction of sp³-hybridized carbons (Fsp3) is 0.417. The zero-order chi connectivity index (χ0) is 11.4. The van der Waals surface area contributed by atoms with E-state index in [1.165, 1.54) is 0 Å². The Morgan fingerprint density at radius 3 is 2.65 bits per heavy atom. The fourth-order valence-corrected chi connectivity index (χ4v) is 1.57. The minimum absolute atomic E-state index is 0. The van der Waals surface area contributed by atoms with Crippen molar-refractivity contribution in [1.29, 1.82) is 0 Å². The molecule has 1 aromatic rings. The summed E-state index contributed by atoms with van der Waals surface area (Å²) in [5, 5.41) is 6.47. The number of hydrogen-bond acceptors (Lipinski definition) is 4. The lowest BCUT2D eigenvalue weighted by Crippen LogP contribution is -2.32. The standard InChI is InChI=1S/C12H17N3O.ClH/c1-3-16-11-6-4-10(5-7-11)15-12-13-8-9(2)14-12;/h4-7,9H,3,8H2,1-2H3,(H2,13,14,15);1H. The molecule has 0 amide bonds. The van der Waals surface area contributed by atoms with Crippen molar-refractivity contribution in [2.24, 2.45) is 4.99 Å². The number of rotatable bonds is 3. The normalized spacial score (nSPS) is 17.8. The molecule has 0 aromatic heterocycles. The molecule has 1 unspecified atom stereocenters. The van der Waals surface area contributed by atoms with E-state index in [9.17, 15) is 0 Å². The van der Waals surface area contributed by atoms with Gasteiger partial charge in [-0.05, 0) is 38.1 Å². The van der Waals surface area contributed by atoms with Crippen LogP contribution in [-0.4, -0.2) is 25.2 Å². The highest BCUT2D eigenvalue weighted by Gasteiger charge is 2.11. The highest BCUT2D eigenvalue weighted by atomic mass is 35.5. The zero-order valence-corrected chi connectivity index (χ0v) is 10.9. The topological polar surface area (TPSA) is 45.6 Å². The minimum atomic E-state index is 0. The summed E-state index contributed by atoms with van der Waals surface area (Å²) in [6.45, 7) is 5.61. The van der Waals surface area contributed by atoms with Crippen LogP contribution in [0.15, 0.2) is 29.3 Å². The predicted octanol–water partition coefficient (Wildman–Crippen LogP) is 2.27. The largest absolute Gasteiger partial charge is 0.494 e. The van der Waals surface area contributed by atoms with Gasteiger partial charge in [0.1, 0.15) is 5.75 Å². The number of nitrogens with zero attached hydrogens (tertiary/aromatic N) is 1. The van der Waals surface area contributed by atoms with Crippen LogP contribution >= 0.6 is 12.4 Å². The molecular weight excluding hydrogens is 238 g/mol. The molecule has 1 aliphatic heterocycles. The molecule has 0 radical (unpaired) electrons. The second-order valence-electron chi connectivity index (χ2n) is 3.82. The molecule has 2 rings (SSSR count). The molecule has 0 aliphatic carbocycles. The predicted molar refractivity (Wildman–Crippen MR) is 73.4 cm³/mol. The average molecular weight is 256 g/mol. The van der Waals surface area contributed by atoms with Crippen molar-refractivity contribution in [3.05, 3.63) is 24.3 Å². The first-order valence-corrected chi connectivity index (χ1v) is 5.59. The minimum Gasteiger partial charge on any atom is -0.494 e. The van der Waals surface area contributed by atoms with Crippen LogP contribution in [0.2, 0.25) is 0 Å². The third-order valence-electron chi connectivity index (χ3n) is 2.33. The average Bonchev–Trinajstić information content (AvgIpc) is 2.67. The maximum absolute atomic E-state index is 5.37. The van der Waals surface area contributed by atoms with Crippen molar-refractivity contribution in [3.8, 4) is 5.75 Å². The Hall–Kier alpha value is -1.42. The maximum atomic E-state index is 5.37. The van der Waals surface area contributed by atoms with Gasteiger partial charge >= 0.3 is 0 Å². The van der Waals surface area contributed by atoms with Gasteiger partial charge in [-0.25, -0.2) is 0 Å². The van der Waals surface area contributed by atoms with Crippen LogP contribution in [0.3, 0.4) is 0 Å². The van der Waals surface area contributed by atoms with E-state index in [1.54, 1.807) is 0 Å². The smallest absolute Gasteiger partial charge is 0.196 e. The van der Waals surface area contributed by atoms with Crippen LogP contribution in [0, 0.1) is 0 Å². The quantitative estimate of drug-likeness (QED) is 0.871. The lowest BCUT2D eigenvalue weighted by Gasteiger charge is -2.09. The summed E-state index contributed by atoms with van der Waals surface area (Å²) in [6, 6.07) is 8.29. The highest BCUT2D eigenvalue weighted by Crippen LogP contribution is 2.15. The Balaban J connectivity index is 0.00000144. The Morgan fingerprint density at radius 1 is 1.41 bits per heavy atom. The van der Waals surface area contributed by atoms with Crippen molar-refractivity contribution >= 4 is 24.1 Å². The van der Waals surface area contributed by atoms with Gasteiger partial charge in [0.05, 0.1) is 13.2 Å². The van der Waals surface area contributed by atoms with Crippen LogP contribution in [0.25, 0.3) is 0 Å². The van der Waals surface area contributed by atoms with E-state index >= 15 is 0 Å². The van der Waals surface area contributed by atoms with E-state index in [0.29, 0.717) is 12.6 Å². The first-order chi connectivity index (χ1) is 7.78. The van der Waals surface area contributed by atoms with Gasteiger partial charge in [0.25, 0.3) is 0 Å². The number of nitrogens with one attached hydrogen (secondary N) is 2. The van der Waals surface area contributed by atoms with Gasteiger partial charge in [-0.15, -0.1) is 12.4 Å². The van der Waals surface area contributed by atoms with E-state index in [4.69, 9.17) is 4.74 Å². The third-order valence-corrected chi connectivity index (χ3v) is 2.33. The molecule has 0 bridgehead atoms. The molecule has 5 heteroatoms. The summed E-state index contributed by atoms with van der Waals surface area (Å²) >= 11 is 0. The van der Waals surface area contributed by atoms with Crippen LogP contribution in [-0.2, 0) is 0 Å². The summed E-state index contributed by atoms with van der Waals surface area (Å²) in [6.07, 6.45) is 0. The van der Waals surface area contributed by atoms with Gasteiger partial charge in [0.15, 0.2) is 5.96 Å². The second-order valence-corrected chi connectivity index (χ2v) is 3.82. The van der Waals surface area contributed by atoms with Crippen molar-refractivity contribution in [1.82, 2.24) is 5.32 Å². The fourth-order valence-electron chi connectivity index (χ4n) is 1.57. The molecule has 17 heavy (non-hydrogen) atoms. The molecule has 0 fully saturated rings. The summed E-state index contributed by atoms with van der Waals surface area (Å²) in [5.41, 5.74) is 1.02. The Labute approximate surface area is 108 Å². The molecule has 1 atom stereocenters. The van der Waals surface area contributed by atoms with E-state index < -0.39 is 0 Å². The van der Waals surface area contributed by atoms with E-state index in [2.05, 4.69) is 22.5 Å². The molecule has 1 heterocycles. The number of halogens is 1. The van der Waals surface area contributed by atoms with Crippen molar-refractivity contribution < 1.29 is 4.74 Å². The van der Waals surface area contributed by atoms with E-state index in [-0.39, 0.29) is 12.4 Å². The molecular formula is C12H18ClN3O. The second kappa shape index (κ2) is 6.35. The Kier molecular flexibility index (Phi) is 5.10. The van der Waals surface area contributed by atoms with Crippen molar-refractivity contribution in [3.63, 3.8) is 0 Å². The van der Waals surface area contributed by atoms with Crippen molar-refractivity contribution in [2.75, 3.05) is 18.5 Å². The SMILES string of the molecule is CCOc1ccc(NC2=NCC(C)N2)cc1.Cl. The van der Waals surface area contributed by atoms with Crippen LogP contribution < -0.4 is 15.4 Å². The molecule has 0 saturated carbocycles. The number of hydrogen-bond donors (Lipinski definition) is 2. The van der Waals surface area contributed by atoms with Gasteiger partial charge in [0, 0.05) is 11.7 Å². The van der Waals surface area contributed by atoms with Crippen molar-refractivity contribution in [2.45, 2.75) is 19.9 Å². The van der Waals surface area contributed by atoms with Gasteiger partial charge in [-0.1, -0.05) is 0 Å². The van der Waals surface area contributed by atoms with Crippen LogP contribution in [0.1, 0.15) is 13.8 Å². The lowest BCUT2D eigenvalue weighted by molar-refractivity contribution is 0.340. The zero-order valence-electron chi connectivity index (χ0n) is 10.1. The summed E-state index contributed by atoms with van der Waals surface area (Å²) in [4.78, 5) is 4.33. The Morgan fingerprint density at radius 2 is 2.12 bits per heavy atom. The Bertz CT molecular complexity index is 378. The van der Waals surface area contributed by atoms with Gasteiger partial charge < -0.3 is 15.4 Å².